The molecule has 0 amide bonds. The first-order valence-corrected chi connectivity index (χ1v) is 4.17. The van der Waals surface area contributed by atoms with E-state index in [0.717, 1.165) is 12.1 Å². The van der Waals surface area contributed by atoms with Crippen LogP contribution in [0.3, 0.4) is 0 Å². The fraction of sp³-hybridized carbons (Fsp3) is 0.125. The van der Waals surface area contributed by atoms with Crippen LogP contribution in [0.5, 0.6) is 0 Å². The molecule has 0 saturated carbocycles. The van der Waals surface area contributed by atoms with Crippen molar-refractivity contribution < 1.29 is 24.5 Å². The van der Waals surface area contributed by atoms with E-state index in [1.807, 2.05) is 0 Å². The van der Waals surface area contributed by atoms with Crippen LogP contribution < -0.4 is 0 Å². The van der Waals surface area contributed by atoms with Gasteiger partial charge < -0.3 is 5.11 Å². The molecule has 0 saturated heterocycles. The molecule has 0 aromatic heterocycles. The zero-order valence-corrected chi connectivity index (χ0v) is 8.18. The third kappa shape index (κ3) is 2.12. The molecule has 0 spiro atoms. The second kappa shape index (κ2) is 4.43. The van der Waals surface area contributed by atoms with Crippen molar-refractivity contribution in [2.75, 3.05) is 0 Å². The molecule has 0 heterocycles. The van der Waals surface area contributed by atoms with Gasteiger partial charge in [0.2, 0.25) is 0 Å². The molecule has 0 atom stereocenters. The fourth-order valence-corrected chi connectivity index (χ4v) is 1.19. The van der Waals surface area contributed by atoms with Crippen LogP contribution in [0, 0.1) is 20.2 Å². The summed E-state index contributed by atoms with van der Waals surface area (Å²) in [5.74, 6) is -3.34. The van der Waals surface area contributed by atoms with Gasteiger partial charge in [0.25, 0.3) is 0 Å². The highest BCUT2D eigenvalue weighted by Gasteiger charge is 2.64. The summed E-state index contributed by atoms with van der Waals surface area (Å²) < 4.78 is 3.87. The summed E-state index contributed by atoms with van der Waals surface area (Å²) in [6.07, 6.45) is -2.11. The molecule has 0 bridgehead atoms. The summed E-state index contributed by atoms with van der Waals surface area (Å²) in [7, 11) is 0. The predicted octanol–water partition coefficient (Wildman–Crippen LogP) is 1.04. The van der Waals surface area contributed by atoms with E-state index < -0.39 is 27.4 Å². The van der Waals surface area contributed by atoms with Gasteiger partial charge in [-0.2, -0.15) is 0 Å². The number of nitrogens with zero attached hydrogens (tertiary/aromatic N) is 2. The molecule has 0 aliphatic heterocycles. The topological polar surface area (TPSA) is 133 Å². The zero-order chi connectivity index (χ0) is 13.1. The zero-order valence-electron chi connectivity index (χ0n) is 8.18. The molecule has 0 unspecified atom stereocenters. The van der Waals surface area contributed by atoms with Crippen molar-refractivity contribution in [3.05, 3.63) is 56.1 Å². The third-order valence-electron chi connectivity index (χ3n) is 1.87. The molecule has 17 heavy (non-hydrogen) atoms. The smallest absolute Gasteiger partial charge is 0.449 e. The van der Waals surface area contributed by atoms with Crippen molar-refractivity contribution in [1.29, 1.82) is 0 Å². The second-order valence-electron chi connectivity index (χ2n) is 2.86. The molecule has 0 aliphatic carbocycles. The van der Waals surface area contributed by atoms with E-state index in [4.69, 9.17) is 5.11 Å². The van der Waals surface area contributed by atoms with Crippen LogP contribution >= 0.6 is 0 Å². The third-order valence-corrected chi connectivity index (χ3v) is 1.87. The van der Waals surface area contributed by atoms with Gasteiger partial charge in [0.1, 0.15) is 9.85 Å². The number of carbonyl (C=O) groups is 1. The summed E-state index contributed by atoms with van der Waals surface area (Å²) >= 11 is 0. The fourth-order valence-electron chi connectivity index (χ4n) is 1.19. The highest BCUT2D eigenvalue weighted by molar-refractivity contribution is 5.57. The Morgan fingerprint density at radius 3 is 2.00 bits per heavy atom. The summed E-state index contributed by atoms with van der Waals surface area (Å²) in [5, 5.41) is 29.9. The van der Waals surface area contributed by atoms with Crippen LogP contribution in [0.1, 0.15) is 5.56 Å². The first-order valence-electron chi connectivity index (χ1n) is 4.17. The van der Waals surface area contributed by atoms with Crippen molar-refractivity contribution in [2.45, 2.75) is 5.85 Å². The molecule has 9 heteroatoms. The molecular formula is C8H6N2O7. The number of hydrogen-bond donors (Lipinski definition) is 1. The predicted molar refractivity (Wildman–Crippen MR) is 51.2 cm³/mol. The summed E-state index contributed by atoms with van der Waals surface area (Å²) in [6, 6.07) is 6.13. The summed E-state index contributed by atoms with van der Waals surface area (Å²) in [5.41, 5.74) is -0.489. The number of ether oxygens (including phenoxy) is 1. The van der Waals surface area contributed by atoms with Gasteiger partial charge in [0.05, 0.1) is 0 Å². The van der Waals surface area contributed by atoms with Gasteiger partial charge >= 0.3 is 12.0 Å². The highest BCUT2D eigenvalue weighted by atomic mass is 16.8. The van der Waals surface area contributed by atoms with Crippen LogP contribution in [0.15, 0.2) is 30.3 Å². The Bertz CT molecular complexity index is 444. The van der Waals surface area contributed by atoms with Crippen LogP contribution in [-0.4, -0.2) is 21.1 Å². The van der Waals surface area contributed by atoms with Crippen molar-refractivity contribution in [2.24, 2.45) is 0 Å². The standard InChI is InChI=1S/C8H6N2O7/c11-7(12)17-8(9(13)14,10(15)16)6-4-2-1-3-5-6/h1-5H,(H,11,12). The quantitative estimate of drug-likeness (QED) is 0.361. The van der Waals surface area contributed by atoms with Crippen LogP contribution in [-0.2, 0) is 10.6 Å². The van der Waals surface area contributed by atoms with Gasteiger partial charge in [-0.15, -0.1) is 0 Å². The lowest BCUT2D eigenvalue weighted by Crippen LogP contribution is -2.47. The van der Waals surface area contributed by atoms with Crippen LogP contribution in [0.2, 0.25) is 0 Å². The minimum Gasteiger partial charge on any atom is -0.449 e. The van der Waals surface area contributed by atoms with Gasteiger partial charge in [0, 0.05) is 0 Å². The van der Waals surface area contributed by atoms with E-state index >= 15 is 0 Å². The maximum atomic E-state index is 10.8. The van der Waals surface area contributed by atoms with E-state index in [9.17, 15) is 25.0 Å². The van der Waals surface area contributed by atoms with Crippen molar-refractivity contribution in [3.8, 4) is 0 Å². The molecule has 1 N–H and O–H groups in total. The van der Waals surface area contributed by atoms with E-state index in [2.05, 4.69) is 4.74 Å². The number of hydrogen-bond acceptors (Lipinski definition) is 6. The van der Waals surface area contributed by atoms with Crippen molar-refractivity contribution >= 4 is 6.16 Å². The molecule has 0 aliphatic rings. The first-order chi connectivity index (χ1) is 7.91. The monoisotopic (exact) mass is 242 g/mol. The normalized spacial score (nSPS) is 10.6. The Balaban J connectivity index is 3.40. The average molecular weight is 242 g/mol. The molecule has 90 valence electrons. The van der Waals surface area contributed by atoms with Crippen LogP contribution in [0.4, 0.5) is 4.79 Å². The van der Waals surface area contributed by atoms with Gasteiger partial charge in [-0.05, 0) is 12.1 Å². The molecule has 0 radical (unpaired) electrons. The second-order valence-corrected chi connectivity index (χ2v) is 2.86. The van der Waals surface area contributed by atoms with Gasteiger partial charge in [-0.25, -0.2) is 4.79 Å². The Kier molecular flexibility index (Phi) is 3.22. The summed E-state index contributed by atoms with van der Waals surface area (Å²) in [4.78, 5) is 29.1. The largest absolute Gasteiger partial charge is 0.653 e. The molecule has 1 aromatic rings. The lowest BCUT2D eigenvalue weighted by Gasteiger charge is -2.14. The highest BCUT2D eigenvalue weighted by Crippen LogP contribution is 2.27. The molecule has 1 rings (SSSR count). The summed E-state index contributed by atoms with van der Waals surface area (Å²) in [6.45, 7) is 0. The minimum atomic E-state index is -3.34. The van der Waals surface area contributed by atoms with Gasteiger partial charge in [-0.3, -0.25) is 25.0 Å². The van der Waals surface area contributed by atoms with Gasteiger partial charge in [-0.1, -0.05) is 18.2 Å². The van der Waals surface area contributed by atoms with E-state index in [1.54, 1.807) is 0 Å². The average Bonchev–Trinajstić information content (AvgIpc) is 2.25. The number of nitro groups is 2. The van der Waals surface area contributed by atoms with E-state index in [1.165, 1.54) is 18.2 Å². The molecule has 9 nitrogen and oxygen atoms in total. The SMILES string of the molecule is O=C(O)OC(c1ccccc1)([N+](=O)[O-])[N+](=O)[O-]. The Morgan fingerprint density at radius 1 is 1.18 bits per heavy atom. The Labute approximate surface area is 93.5 Å². The molecule has 1 aromatic carbocycles. The van der Waals surface area contributed by atoms with Gasteiger partial charge in [0.15, 0.2) is 5.56 Å². The Hall–Kier alpha value is -2.71. The lowest BCUT2D eigenvalue weighted by molar-refractivity contribution is -0.859. The van der Waals surface area contributed by atoms with E-state index in [0.29, 0.717) is 0 Å². The van der Waals surface area contributed by atoms with E-state index in [-0.39, 0.29) is 0 Å². The minimum absolute atomic E-state index is 0.489. The number of benzene rings is 1. The molecular weight excluding hydrogens is 236 g/mol. The Morgan fingerprint density at radius 2 is 1.65 bits per heavy atom. The lowest BCUT2D eigenvalue weighted by atomic mass is 10.1. The number of carboxylic acid groups (broad SMARTS) is 1. The van der Waals surface area contributed by atoms with Crippen LogP contribution in [0.25, 0.3) is 0 Å². The maximum absolute atomic E-state index is 10.8. The number of rotatable bonds is 4. The first kappa shape index (κ1) is 12.4. The van der Waals surface area contributed by atoms with Crippen molar-refractivity contribution in [1.82, 2.24) is 0 Å². The molecule has 0 fully saturated rings. The van der Waals surface area contributed by atoms with Crippen molar-refractivity contribution in [3.63, 3.8) is 0 Å². The maximum Gasteiger partial charge on any atom is 0.653 e.